The SMILES string of the molecule is CC[C@H](CO)NC1CCCNCC1. The van der Waals surface area contributed by atoms with Crippen molar-refractivity contribution in [2.45, 2.75) is 44.7 Å². The van der Waals surface area contributed by atoms with Gasteiger partial charge in [0, 0.05) is 12.1 Å². The third kappa shape index (κ3) is 4.07. The average Bonchev–Trinajstić information content (AvgIpc) is 2.42. The quantitative estimate of drug-likeness (QED) is 0.598. The maximum Gasteiger partial charge on any atom is 0.0584 e. The molecule has 1 fully saturated rings. The number of hydrogen-bond donors (Lipinski definition) is 3. The summed E-state index contributed by atoms with van der Waals surface area (Å²) in [7, 11) is 0. The second-order valence-electron chi connectivity index (χ2n) is 3.83. The summed E-state index contributed by atoms with van der Waals surface area (Å²) in [5.41, 5.74) is 0. The standard InChI is InChI=1S/C10H22N2O/c1-2-9(8-13)12-10-4-3-6-11-7-5-10/h9-13H,2-8H2,1H3/t9-,10?/m1/s1. The Kier molecular flexibility index (Phi) is 5.35. The zero-order chi connectivity index (χ0) is 9.52. The Morgan fingerprint density at radius 1 is 1.46 bits per heavy atom. The van der Waals surface area contributed by atoms with Crippen LogP contribution in [0, 0.1) is 0 Å². The van der Waals surface area contributed by atoms with Gasteiger partial charge in [0.25, 0.3) is 0 Å². The molecule has 13 heavy (non-hydrogen) atoms. The second kappa shape index (κ2) is 6.35. The summed E-state index contributed by atoms with van der Waals surface area (Å²) >= 11 is 0. The van der Waals surface area contributed by atoms with Crippen LogP contribution in [0.1, 0.15) is 32.6 Å². The molecule has 3 nitrogen and oxygen atoms in total. The smallest absolute Gasteiger partial charge is 0.0584 e. The first-order valence-corrected chi connectivity index (χ1v) is 5.44. The lowest BCUT2D eigenvalue weighted by atomic mass is 10.1. The van der Waals surface area contributed by atoms with Crippen molar-refractivity contribution in [1.29, 1.82) is 0 Å². The molecule has 0 aromatic heterocycles. The Morgan fingerprint density at radius 3 is 3.00 bits per heavy atom. The highest BCUT2D eigenvalue weighted by Gasteiger charge is 2.14. The molecule has 0 bridgehead atoms. The number of hydrogen-bond acceptors (Lipinski definition) is 3. The number of aliphatic hydroxyl groups excluding tert-OH is 1. The van der Waals surface area contributed by atoms with Crippen LogP contribution in [-0.4, -0.2) is 36.9 Å². The molecule has 1 unspecified atom stereocenters. The van der Waals surface area contributed by atoms with Gasteiger partial charge in [0.2, 0.25) is 0 Å². The minimum absolute atomic E-state index is 0.264. The Balaban J connectivity index is 2.24. The van der Waals surface area contributed by atoms with Crippen LogP contribution < -0.4 is 10.6 Å². The summed E-state index contributed by atoms with van der Waals surface area (Å²) < 4.78 is 0. The van der Waals surface area contributed by atoms with Crippen molar-refractivity contribution in [2.75, 3.05) is 19.7 Å². The van der Waals surface area contributed by atoms with Crippen LogP contribution in [0.25, 0.3) is 0 Å². The maximum atomic E-state index is 9.05. The molecule has 3 N–H and O–H groups in total. The molecule has 0 amide bonds. The van der Waals surface area contributed by atoms with Gasteiger partial charge >= 0.3 is 0 Å². The van der Waals surface area contributed by atoms with Gasteiger partial charge in [-0.05, 0) is 38.8 Å². The summed E-state index contributed by atoms with van der Waals surface area (Å²) in [6.45, 7) is 4.64. The van der Waals surface area contributed by atoms with E-state index in [1.165, 1.54) is 19.3 Å². The summed E-state index contributed by atoms with van der Waals surface area (Å²) in [4.78, 5) is 0. The van der Waals surface area contributed by atoms with Crippen LogP contribution in [0.3, 0.4) is 0 Å². The summed E-state index contributed by atoms with van der Waals surface area (Å²) in [6.07, 6.45) is 4.69. The van der Waals surface area contributed by atoms with E-state index in [1.54, 1.807) is 0 Å². The first kappa shape index (κ1) is 11.0. The van der Waals surface area contributed by atoms with E-state index < -0.39 is 0 Å². The predicted octanol–water partition coefficient (Wildman–Crippen LogP) is 0.489. The molecule has 0 aromatic rings. The molecule has 1 heterocycles. The van der Waals surface area contributed by atoms with E-state index in [1.807, 2.05) is 0 Å². The second-order valence-corrected chi connectivity index (χ2v) is 3.83. The molecule has 0 spiro atoms. The van der Waals surface area contributed by atoms with Crippen molar-refractivity contribution < 1.29 is 5.11 Å². The molecule has 0 radical (unpaired) electrons. The molecule has 1 aliphatic rings. The van der Waals surface area contributed by atoms with Gasteiger partial charge in [-0.15, -0.1) is 0 Å². The third-order valence-electron chi connectivity index (χ3n) is 2.76. The van der Waals surface area contributed by atoms with E-state index in [-0.39, 0.29) is 6.61 Å². The fraction of sp³-hybridized carbons (Fsp3) is 1.00. The van der Waals surface area contributed by atoms with Gasteiger partial charge in [-0.1, -0.05) is 6.92 Å². The third-order valence-corrected chi connectivity index (χ3v) is 2.76. The van der Waals surface area contributed by atoms with Crippen LogP contribution in [0.2, 0.25) is 0 Å². The van der Waals surface area contributed by atoms with E-state index in [9.17, 15) is 0 Å². The number of rotatable bonds is 4. The van der Waals surface area contributed by atoms with E-state index >= 15 is 0 Å². The van der Waals surface area contributed by atoms with Crippen LogP contribution in [-0.2, 0) is 0 Å². The summed E-state index contributed by atoms with van der Waals surface area (Å²) in [6, 6.07) is 0.898. The van der Waals surface area contributed by atoms with E-state index in [0.717, 1.165) is 19.5 Å². The monoisotopic (exact) mass is 186 g/mol. The largest absolute Gasteiger partial charge is 0.395 e. The van der Waals surface area contributed by atoms with Crippen molar-refractivity contribution in [2.24, 2.45) is 0 Å². The molecule has 0 aromatic carbocycles. The molecule has 3 heteroatoms. The molecule has 1 saturated heterocycles. The van der Waals surface area contributed by atoms with Crippen molar-refractivity contribution in [3.8, 4) is 0 Å². The van der Waals surface area contributed by atoms with Crippen molar-refractivity contribution >= 4 is 0 Å². The first-order valence-electron chi connectivity index (χ1n) is 5.44. The molecular formula is C10H22N2O. The lowest BCUT2D eigenvalue weighted by molar-refractivity contribution is 0.224. The van der Waals surface area contributed by atoms with Crippen molar-refractivity contribution in [1.82, 2.24) is 10.6 Å². The molecule has 1 aliphatic heterocycles. The van der Waals surface area contributed by atoms with Crippen molar-refractivity contribution in [3.63, 3.8) is 0 Å². The minimum atomic E-state index is 0.264. The van der Waals surface area contributed by atoms with Gasteiger partial charge in [-0.3, -0.25) is 0 Å². The van der Waals surface area contributed by atoms with Gasteiger partial charge < -0.3 is 15.7 Å². The zero-order valence-electron chi connectivity index (χ0n) is 8.55. The summed E-state index contributed by atoms with van der Waals surface area (Å²) in [5.74, 6) is 0. The molecule has 2 atom stereocenters. The first-order chi connectivity index (χ1) is 6.36. The van der Waals surface area contributed by atoms with Gasteiger partial charge in [-0.2, -0.15) is 0 Å². The summed E-state index contributed by atoms with van der Waals surface area (Å²) in [5, 5.41) is 15.9. The molecule has 0 saturated carbocycles. The van der Waals surface area contributed by atoms with Crippen LogP contribution in [0.4, 0.5) is 0 Å². The highest BCUT2D eigenvalue weighted by Crippen LogP contribution is 2.06. The van der Waals surface area contributed by atoms with Gasteiger partial charge in [0.1, 0.15) is 0 Å². The predicted molar refractivity (Wildman–Crippen MR) is 54.8 cm³/mol. The molecule has 1 rings (SSSR count). The lowest BCUT2D eigenvalue weighted by Crippen LogP contribution is -2.40. The average molecular weight is 186 g/mol. The van der Waals surface area contributed by atoms with Crippen LogP contribution in [0.5, 0.6) is 0 Å². The Hall–Kier alpha value is -0.120. The minimum Gasteiger partial charge on any atom is -0.395 e. The topological polar surface area (TPSA) is 44.3 Å². The normalized spacial score (nSPS) is 26.8. The van der Waals surface area contributed by atoms with Gasteiger partial charge in [0.15, 0.2) is 0 Å². The maximum absolute atomic E-state index is 9.05. The van der Waals surface area contributed by atoms with Gasteiger partial charge in [0.05, 0.1) is 6.61 Å². The van der Waals surface area contributed by atoms with Crippen LogP contribution in [0.15, 0.2) is 0 Å². The number of nitrogens with one attached hydrogen (secondary N) is 2. The van der Waals surface area contributed by atoms with Gasteiger partial charge in [-0.25, -0.2) is 0 Å². The molecule has 78 valence electrons. The fourth-order valence-electron chi connectivity index (χ4n) is 1.82. The molecular weight excluding hydrogens is 164 g/mol. The molecule has 0 aliphatic carbocycles. The Morgan fingerprint density at radius 2 is 2.31 bits per heavy atom. The Bertz CT molecular complexity index is 118. The Labute approximate surface area is 80.9 Å². The van der Waals surface area contributed by atoms with Crippen molar-refractivity contribution in [3.05, 3.63) is 0 Å². The van der Waals surface area contributed by atoms with Crippen LogP contribution >= 0.6 is 0 Å². The zero-order valence-corrected chi connectivity index (χ0v) is 8.55. The van der Waals surface area contributed by atoms with E-state index in [4.69, 9.17) is 5.11 Å². The fourth-order valence-corrected chi connectivity index (χ4v) is 1.82. The lowest BCUT2D eigenvalue weighted by Gasteiger charge is -2.22. The highest BCUT2D eigenvalue weighted by atomic mass is 16.3. The highest BCUT2D eigenvalue weighted by molar-refractivity contribution is 4.76. The van der Waals surface area contributed by atoms with E-state index in [0.29, 0.717) is 12.1 Å². The van der Waals surface area contributed by atoms with E-state index in [2.05, 4.69) is 17.6 Å². The number of aliphatic hydroxyl groups is 1.